The van der Waals surface area contributed by atoms with Crippen molar-refractivity contribution in [3.63, 3.8) is 0 Å². The van der Waals surface area contributed by atoms with Crippen LogP contribution in [0.2, 0.25) is 0 Å². The molecule has 1 fully saturated rings. The van der Waals surface area contributed by atoms with Crippen LogP contribution in [0, 0.1) is 6.92 Å². The van der Waals surface area contributed by atoms with Crippen LogP contribution in [0.1, 0.15) is 31.7 Å². The molecule has 0 aliphatic carbocycles. The summed E-state index contributed by atoms with van der Waals surface area (Å²) in [5.74, 6) is 0.961. The summed E-state index contributed by atoms with van der Waals surface area (Å²) in [6, 6.07) is 9.81. The van der Waals surface area contributed by atoms with E-state index in [4.69, 9.17) is 0 Å². The minimum Gasteiger partial charge on any atom is -0.338 e. The molecule has 2 unspecified atom stereocenters. The molecular formula is C19H26N4O3S2. The smallest absolute Gasteiger partial charge is 0.236 e. The number of thioether (sulfide) groups is 1. The van der Waals surface area contributed by atoms with Crippen molar-refractivity contribution >= 4 is 27.5 Å². The van der Waals surface area contributed by atoms with Gasteiger partial charge in [-0.3, -0.25) is 4.79 Å². The van der Waals surface area contributed by atoms with E-state index in [2.05, 4.69) is 10.2 Å². The summed E-state index contributed by atoms with van der Waals surface area (Å²) in [4.78, 5) is 14.7. The number of nitrogens with zero attached hydrogens (tertiary/aromatic N) is 4. The van der Waals surface area contributed by atoms with Crippen molar-refractivity contribution in [2.24, 2.45) is 0 Å². The number of aryl methyl sites for hydroxylation is 1. The predicted octanol–water partition coefficient (Wildman–Crippen LogP) is 2.15. The minimum atomic E-state index is -3.03. The third-order valence-corrected chi connectivity index (χ3v) is 7.81. The van der Waals surface area contributed by atoms with Gasteiger partial charge in [0.05, 0.1) is 23.3 Å². The van der Waals surface area contributed by atoms with Crippen molar-refractivity contribution in [3.8, 4) is 0 Å². The first kappa shape index (κ1) is 20.9. The van der Waals surface area contributed by atoms with E-state index in [-0.39, 0.29) is 28.7 Å². The van der Waals surface area contributed by atoms with Crippen LogP contribution in [0.15, 0.2) is 35.5 Å². The lowest BCUT2D eigenvalue weighted by Crippen LogP contribution is -2.44. The Balaban J connectivity index is 1.72. The Bertz CT molecular complexity index is 928. The van der Waals surface area contributed by atoms with Crippen molar-refractivity contribution < 1.29 is 13.2 Å². The van der Waals surface area contributed by atoms with E-state index < -0.39 is 9.84 Å². The van der Waals surface area contributed by atoms with Crippen LogP contribution in [-0.2, 0) is 21.2 Å². The van der Waals surface area contributed by atoms with E-state index in [1.165, 1.54) is 11.8 Å². The van der Waals surface area contributed by atoms with Gasteiger partial charge >= 0.3 is 0 Å². The number of carbonyl (C=O) groups is 1. The number of hydrogen-bond acceptors (Lipinski definition) is 6. The van der Waals surface area contributed by atoms with Gasteiger partial charge in [-0.25, -0.2) is 8.42 Å². The number of aromatic nitrogens is 3. The molecular weight excluding hydrogens is 396 g/mol. The second kappa shape index (κ2) is 8.65. The fraction of sp³-hybridized carbons (Fsp3) is 0.526. The first-order valence-corrected chi connectivity index (χ1v) is 12.1. The third-order valence-electron chi connectivity index (χ3n) is 4.99. The maximum Gasteiger partial charge on any atom is 0.236 e. The summed E-state index contributed by atoms with van der Waals surface area (Å²) in [5, 5.41) is 8.74. The van der Waals surface area contributed by atoms with Crippen LogP contribution < -0.4 is 0 Å². The van der Waals surface area contributed by atoms with Crippen LogP contribution in [0.5, 0.6) is 0 Å². The number of hydrogen-bond donors (Lipinski definition) is 0. The van der Waals surface area contributed by atoms with Gasteiger partial charge in [0, 0.05) is 12.6 Å². The molecule has 28 heavy (non-hydrogen) atoms. The van der Waals surface area contributed by atoms with Crippen molar-refractivity contribution in [2.75, 3.05) is 18.1 Å². The van der Waals surface area contributed by atoms with Crippen LogP contribution in [0.3, 0.4) is 0 Å². The van der Waals surface area contributed by atoms with E-state index in [0.717, 1.165) is 11.4 Å². The lowest BCUT2D eigenvalue weighted by molar-refractivity contribution is -0.131. The highest BCUT2D eigenvalue weighted by Crippen LogP contribution is 2.27. The number of sulfone groups is 1. The highest BCUT2D eigenvalue weighted by atomic mass is 32.2. The fourth-order valence-corrected chi connectivity index (χ4v) is 6.15. The van der Waals surface area contributed by atoms with Crippen LogP contribution in [-0.4, -0.2) is 63.3 Å². The molecule has 9 heteroatoms. The third kappa shape index (κ3) is 4.75. The number of carbonyl (C=O) groups excluding carboxylic acids is 1. The Labute approximate surface area is 170 Å². The zero-order valence-corrected chi connectivity index (χ0v) is 18.0. The normalized spacial score (nSPS) is 19.5. The summed E-state index contributed by atoms with van der Waals surface area (Å²) >= 11 is 1.37. The minimum absolute atomic E-state index is 0.0542. The Morgan fingerprint density at radius 1 is 1.32 bits per heavy atom. The van der Waals surface area contributed by atoms with E-state index in [9.17, 15) is 13.2 Å². The van der Waals surface area contributed by atoms with Gasteiger partial charge in [-0.05, 0) is 32.8 Å². The van der Waals surface area contributed by atoms with Gasteiger partial charge in [0.25, 0.3) is 0 Å². The number of rotatable bonds is 7. The lowest BCUT2D eigenvalue weighted by Gasteiger charge is -2.29. The molecule has 1 amide bonds. The topological polar surface area (TPSA) is 85.2 Å². The van der Waals surface area contributed by atoms with Gasteiger partial charge in [0.2, 0.25) is 5.91 Å². The average molecular weight is 423 g/mol. The van der Waals surface area contributed by atoms with Crippen LogP contribution >= 0.6 is 11.8 Å². The summed E-state index contributed by atoms with van der Waals surface area (Å²) in [5.41, 5.74) is 1.14. The average Bonchev–Trinajstić information content (AvgIpc) is 3.19. The molecule has 0 bridgehead atoms. The Kier molecular flexibility index (Phi) is 6.44. The maximum atomic E-state index is 13.0. The highest BCUT2D eigenvalue weighted by molar-refractivity contribution is 8.00. The Hall–Kier alpha value is -1.87. The molecule has 3 rings (SSSR count). The molecule has 1 aliphatic heterocycles. The molecule has 1 aromatic heterocycles. The largest absolute Gasteiger partial charge is 0.338 e. The molecule has 2 aromatic rings. The van der Waals surface area contributed by atoms with Gasteiger partial charge in [-0.1, -0.05) is 42.1 Å². The Morgan fingerprint density at radius 2 is 2.04 bits per heavy atom. The molecule has 7 nitrogen and oxygen atoms in total. The first-order chi connectivity index (χ1) is 13.3. The molecule has 2 heterocycles. The summed E-state index contributed by atoms with van der Waals surface area (Å²) in [6.45, 7) is 6.77. The van der Waals surface area contributed by atoms with Crippen molar-refractivity contribution in [2.45, 2.75) is 50.2 Å². The zero-order chi connectivity index (χ0) is 20.3. The quantitative estimate of drug-likeness (QED) is 0.636. The first-order valence-electron chi connectivity index (χ1n) is 9.42. The second-order valence-electron chi connectivity index (χ2n) is 7.04. The zero-order valence-electron chi connectivity index (χ0n) is 16.4. The standard InChI is InChI=1S/C19H26N4O3S2/c1-4-22(17-10-11-28(25,26)13-17)18(24)14(2)27-19-21-20-15(3)23(19)12-16-8-6-5-7-9-16/h5-9,14,17H,4,10-13H2,1-3H3. The maximum absolute atomic E-state index is 13.0. The molecule has 152 valence electrons. The fourth-order valence-electron chi connectivity index (χ4n) is 3.45. The Morgan fingerprint density at radius 3 is 2.64 bits per heavy atom. The SMILES string of the molecule is CCN(C(=O)C(C)Sc1nnc(C)n1Cc1ccccc1)C1CCS(=O)(=O)C1. The van der Waals surface area contributed by atoms with E-state index >= 15 is 0 Å². The van der Waals surface area contributed by atoms with Gasteiger partial charge in [-0.2, -0.15) is 0 Å². The summed E-state index contributed by atoms with van der Waals surface area (Å²) in [7, 11) is -3.03. The number of benzene rings is 1. The van der Waals surface area contributed by atoms with Crippen molar-refractivity contribution in [1.82, 2.24) is 19.7 Å². The summed E-state index contributed by atoms with van der Waals surface area (Å²) in [6.07, 6.45) is 0.516. The number of amides is 1. The molecule has 0 N–H and O–H groups in total. The molecule has 2 atom stereocenters. The van der Waals surface area contributed by atoms with Gasteiger partial charge in [0.15, 0.2) is 15.0 Å². The van der Waals surface area contributed by atoms with Crippen molar-refractivity contribution in [3.05, 3.63) is 41.7 Å². The van der Waals surface area contributed by atoms with Gasteiger partial charge < -0.3 is 9.47 Å². The molecule has 1 aromatic carbocycles. The van der Waals surface area contributed by atoms with E-state index in [1.54, 1.807) is 4.90 Å². The van der Waals surface area contributed by atoms with Gasteiger partial charge in [0.1, 0.15) is 5.82 Å². The van der Waals surface area contributed by atoms with E-state index in [1.807, 2.05) is 55.7 Å². The van der Waals surface area contributed by atoms with Gasteiger partial charge in [-0.15, -0.1) is 10.2 Å². The molecule has 0 saturated carbocycles. The molecule has 1 saturated heterocycles. The molecule has 0 radical (unpaired) electrons. The lowest BCUT2D eigenvalue weighted by atomic mass is 10.2. The molecule has 1 aliphatic rings. The monoisotopic (exact) mass is 422 g/mol. The van der Waals surface area contributed by atoms with E-state index in [0.29, 0.717) is 24.7 Å². The van der Waals surface area contributed by atoms with Crippen LogP contribution in [0.25, 0.3) is 0 Å². The molecule has 0 spiro atoms. The van der Waals surface area contributed by atoms with Crippen molar-refractivity contribution in [1.29, 1.82) is 0 Å². The second-order valence-corrected chi connectivity index (χ2v) is 10.6. The highest BCUT2D eigenvalue weighted by Gasteiger charge is 2.35. The summed E-state index contributed by atoms with van der Waals surface area (Å²) < 4.78 is 25.6. The predicted molar refractivity (Wildman–Crippen MR) is 110 cm³/mol. The van der Waals surface area contributed by atoms with Crippen LogP contribution in [0.4, 0.5) is 0 Å².